The Kier molecular flexibility index (Phi) is 3.08. The Labute approximate surface area is 101 Å². The number of nitrogens with two attached hydrogens (primary N) is 1. The van der Waals surface area contributed by atoms with Crippen LogP contribution >= 0.6 is 11.6 Å². The van der Waals surface area contributed by atoms with E-state index < -0.39 is 28.6 Å². The zero-order valence-corrected chi connectivity index (χ0v) is 9.45. The number of halogens is 5. The summed E-state index contributed by atoms with van der Waals surface area (Å²) < 4.78 is 51.2. The number of hydrogen-bond donors (Lipinski definition) is 1. The molecule has 0 heterocycles. The average Bonchev–Trinajstić information content (AvgIpc) is 3.02. The molecule has 1 aliphatic carbocycles. The normalized spacial score (nSPS) is 18.2. The molecule has 2 rings (SSSR count). The lowest BCUT2D eigenvalue weighted by Crippen LogP contribution is -2.16. The molecule has 2 N–H and O–H groups in total. The summed E-state index contributed by atoms with van der Waals surface area (Å²) >= 11 is 5.46. The highest BCUT2D eigenvalue weighted by Crippen LogP contribution is 2.42. The van der Waals surface area contributed by atoms with Crippen molar-refractivity contribution >= 4 is 11.6 Å². The van der Waals surface area contributed by atoms with Crippen LogP contribution in [0.1, 0.15) is 30.0 Å². The molecule has 1 aliphatic rings. The zero-order chi connectivity index (χ0) is 12.8. The Morgan fingerprint density at radius 2 is 1.88 bits per heavy atom. The molecule has 1 atom stereocenters. The first kappa shape index (κ1) is 12.6. The molecule has 1 saturated carbocycles. The highest BCUT2D eigenvalue weighted by atomic mass is 35.5. The maximum atomic E-state index is 13.6. The second kappa shape index (κ2) is 4.14. The Bertz CT molecular complexity index is 440. The highest BCUT2D eigenvalue weighted by Gasteiger charge is 2.36. The Morgan fingerprint density at radius 3 is 2.35 bits per heavy atom. The minimum absolute atomic E-state index is 0.0593. The third kappa shape index (κ3) is 2.55. The highest BCUT2D eigenvalue weighted by molar-refractivity contribution is 6.30. The second-order valence-electron chi connectivity index (χ2n) is 4.22. The molecule has 0 radical (unpaired) electrons. The van der Waals surface area contributed by atoms with Crippen molar-refractivity contribution < 1.29 is 17.6 Å². The lowest BCUT2D eigenvalue weighted by atomic mass is 10.00. The molecule has 0 spiro atoms. The van der Waals surface area contributed by atoms with Crippen molar-refractivity contribution in [3.63, 3.8) is 0 Å². The summed E-state index contributed by atoms with van der Waals surface area (Å²) in [6.07, 6.45) is -2.92. The summed E-state index contributed by atoms with van der Waals surface area (Å²) in [7, 11) is 0. The maximum absolute atomic E-state index is 13.6. The van der Waals surface area contributed by atoms with E-state index in [4.69, 9.17) is 17.3 Å². The van der Waals surface area contributed by atoms with Gasteiger partial charge in [0.15, 0.2) is 0 Å². The Balaban J connectivity index is 2.46. The third-order valence-electron chi connectivity index (χ3n) is 2.87. The largest absolute Gasteiger partial charge is 0.416 e. The van der Waals surface area contributed by atoms with E-state index in [1.807, 2.05) is 0 Å². The van der Waals surface area contributed by atoms with Gasteiger partial charge in [0, 0.05) is 11.6 Å². The van der Waals surface area contributed by atoms with Gasteiger partial charge in [-0.2, -0.15) is 13.2 Å². The molecule has 1 nitrogen and oxygen atoms in total. The molecule has 1 aromatic carbocycles. The van der Waals surface area contributed by atoms with Gasteiger partial charge in [0.25, 0.3) is 0 Å². The molecule has 0 bridgehead atoms. The molecule has 0 aliphatic heterocycles. The fourth-order valence-electron chi connectivity index (χ4n) is 1.73. The van der Waals surface area contributed by atoms with Crippen LogP contribution in [0.2, 0.25) is 5.02 Å². The van der Waals surface area contributed by atoms with Gasteiger partial charge in [-0.15, -0.1) is 0 Å². The van der Waals surface area contributed by atoms with Gasteiger partial charge < -0.3 is 5.73 Å². The van der Waals surface area contributed by atoms with Crippen molar-refractivity contribution in [2.24, 2.45) is 11.7 Å². The number of alkyl halides is 3. The summed E-state index contributed by atoms with van der Waals surface area (Å²) in [5.74, 6) is -0.789. The van der Waals surface area contributed by atoms with Crippen LogP contribution in [-0.4, -0.2) is 0 Å². The SMILES string of the molecule is N[C@@H](c1cc(C(F)(F)F)cc(Cl)c1F)C1CC1. The predicted octanol–water partition coefficient (Wildman–Crippen LogP) is 3.91. The van der Waals surface area contributed by atoms with E-state index in [9.17, 15) is 17.6 Å². The average molecular weight is 268 g/mol. The van der Waals surface area contributed by atoms with Gasteiger partial charge >= 0.3 is 6.18 Å². The lowest BCUT2D eigenvalue weighted by molar-refractivity contribution is -0.137. The van der Waals surface area contributed by atoms with Crippen LogP contribution in [0.15, 0.2) is 12.1 Å². The molecule has 0 saturated heterocycles. The minimum Gasteiger partial charge on any atom is -0.324 e. The maximum Gasteiger partial charge on any atom is 0.416 e. The van der Waals surface area contributed by atoms with Crippen LogP contribution < -0.4 is 5.73 Å². The number of rotatable bonds is 2. The van der Waals surface area contributed by atoms with E-state index in [0.29, 0.717) is 6.07 Å². The van der Waals surface area contributed by atoms with Crippen molar-refractivity contribution in [1.29, 1.82) is 0 Å². The van der Waals surface area contributed by atoms with Crippen molar-refractivity contribution in [3.05, 3.63) is 34.1 Å². The second-order valence-corrected chi connectivity index (χ2v) is 4.63. The first-order valence-electron chi connectivity index (χ1n) is 5.12. The number of hydrogen-bond acceptors (Lipinski definition) is 1. The molecule has 6 heteroatoms. The van der Waals surface area contributed by atoms with Gasteiger partial charge in [0.1, 0.15) is 5.82 Å². The van der Waals surface area contributed by atoms with Crippen LogP contribution in [0.3, 0.4) is 0 Å². The molecule has 0 unspecified atom stereocenters. The van der Waals surface area contributed by atoms with Gasteiger partial charge in [0.05, 0.1) is 10.6 Å². The van der Waals surface area contributed by atoms with Gasteiger partial charge in [-0.05, 0) is 30.9 Å². The van der Waals surface area contributed by atoms with Crippen LogP contribution in [-0.2, 0) is 6.18 Å². The molecule has 94 valence electrons. The van der Waals surface area contributed by atoms with E-state index in [0.717, 1.165) is 18.9 Å². The topological polar surface area (TPSA) is 26.0 Å². The van der Waals surface area contributed by atoms with Gasteiger partial charge in [-0.25, -0.2) is 4.39 Å². The van der Waals surface area contributed by atoms with Crippen LogP contribution in [0, 0.1) is 11.7 Å². The molecule has 1 aromatic rings. The van der Waals surface area contributed by atoms with E-state index in [1.54, 1.807) is 0 Å². The van der Waals surface area contributed by atoms with Crippen molar-refractivity contribution in [2.75, 3.05) is 0 Å². The van der Waals surface area contributed by atoms with Crippen LogP contribution in [0.4, 0.5) is 17.6 Å². The summed E-state index contributed by atoms with van der Waals surface area (Å²) in [6.45, 7) is 0. The van der Waals surface area contributed by atoms with Crippen molar-refractivity contribution in [1.82, 2.24) is 0 Å². The molecule has 1 fully saturated rings. The molecule has 0 amide bonds. The van der Waals surface area contributed by atoms with E-state index in [2.05, 4.69) is 0 Å². The molecular weight excluding hydrogens is 258 g/mol. The molecule has 17 heavy (non-hydrogen) atoms. The van der Waals surface area contributed by atoms with Crippen LogP contribution in [0.25, 0.3) is 0 Å². The fraction of sp³-hybridized carbons (Fsp3) is 0.455. The van der Waals surface area contributed by atoms with Gasteiger partial charge in [0.2, 0.25) is 0 Å². The smallest absolute Gasteiger partial charge is 0.324 e. The van der Waals surface area contributed by atoms with E-state index in [1.165, 1.54) is 0 Å². The first-order valence-corrected chi connectivity index (χ1v) is 5.50. The molecular formula is C11H10ClF4N. The summed E-state index contributed by atoms with van der Waals surface area (Å²) in [5.41, 5.74) is 4.61. The van der Waals surface area contributed by atoms with Crippen molar-refractivity contribution in [3.8, 4) is 0 Å². The zero-order valence-electron chi connectivity index (χ0n) is 8.69. The third-order valence-corrected chi connectivity index (χ3v) is 3.15. The van der Waals surface area contributed by atoms with E-state index >= 15 is 0 Å². The van der Waals surface area contributed by atoms with Crippen molar-refractivity contribution in [2.45, 2.75) is 25.1 Å². The Morgan fingerprint density at radius 1 is 1.29 bits per heavy atom. The fourth-order valence-corrected chi connectivity index (χ4v) is 1.95. The van der Waals surface area contributed by atoms with E-state index in [-0.39, 0.29) is 11.5 Å². The lowest BCUT2D eigenvalue weighted by Gasteiger charge is -2.16. The monoisotopic (exact) mass is 267 g/mol. The molecule has 0 aromatic heterocycles. The summed E-state index contributed by atoms with van der Waals surface area (Å²) in [6, 6.07) is 0.624. The number of benzene rings is 1. The first-order chi connectivity index (χ1) is 7.80. The standard InChI is InChI=1S/C11H10ClF4N/c12-8-4-6(11(14,15)16)3-7(9(8)13)10(17)5-1-2-5/h3-5,10H,1-2,17H2/t10-/m1/s1. The predicted molar refractivity (Wildman–Crippen MR) is 56.1 cm³/mol. The Hall–Kier alpha value is -0.810. The van der Waals surface area contributed by atoms with Crippen LogP contribution in [0.5, 0.6) is 0 Å². The minimum atomic E-state index is -4.55. The quantitative estimate of drug-likeness (QED) is 0.808. The summed E-state index contributed by atoms with van der Waals surface area (Å²) in [5, 5.41) is -0.536. The summed E-state index contributed by atoms with van der Waals surface area (Å²) in [4.78, 5) is 0. The van der Waals surface area contributed by atoms with Gasteiger partial charge in [-0.3, -0.25) is 0 Å². The van der Waals surface area contributed by atoms with Gasteiger partial charge in [-0.1, -0.05) is 11.6 Å².